The van der Waals surface area contributed by atoms with Crippen molar-refractivity contribution in [3.05, 3.63) is 56.4 Å². The molecule has 1 N–H and O–H groups in total. The third-order valence-corrected chi connectivity index (χ3v) is 6.41. The van der Waals surface area contributed by atoms with Crippen molar-refractivity contribution >= 4 is 28.6 Å². The lowest BCUT2D eigenvalue weighted by molar-refractivity contribution is -0.145. The number of nitrogens with zero attached hydrogens (tertiary/aromatic N) is 2. The number of aromatic nitrogens is 1. The van der Waals surface area contributed by atoms with Crippen molar-refractivity contribution in [1.82, 2.24) is 9.88 Å². The lowest BCUT2D eigenvalue weighted by Gasteiger charge is -2.34. The Morgan fingerprint density at radius 2 is 1.94 bits per heavy atom. The summed E-state index contributed by atoms with van der Waals surface area (Å²) in [5.41, 5.74) is -0.358. The molecule has 1 aromatic heterocycles. The SMILES string of the molecule is CC(C)(C)c1cc(OCc2cc(I)ccn2)c(CN2CCCC[C@H]2C(=O)O)cc1C(F)(F)F. The number of carbonyl (C=O) groups is 1. The summed E-state index contributed by atoms with van der Waals surface area (Å²) < 4.78 is 49.0. The molecule has 1 saturated heterocycles. The molecule has 9 heteroatoms. The first-order valence-electron chi connectivity index (χ1n) is 10.8. The number of alkyl halides is 3. The fourth-order valence-corrected chi connectivity index (χ4v) is 4.62. The van der Waals surface area contributed by atoms with E-state index >= 15 is 0 Å². The average Bonchev–Trinajstić information content (AvgIpc) is 2.71. The second-order valence-corrected chi connectivity index (χ2v) is 10.6. The van der Waals surface area contributed by atoms with Crippen molar-refractivity contribution in [1.29, 1.82) is 0 Å². The van der Waals surface area contributed by atoms with Gasteiger partial charge in [-0.05, 0) is 77.2 Å². The van der Waals surface area contributed by atoms with Crippen LogP contribution in [0, 0.1) is 3.57 Å². The number of carboxylic acids is 1. The topological polar surface area (TPSA) is 62.7 Å². The molecular formula is C24H28F3IN2O3. The Kier molecular flexibility index (Phi) is 7.93. The van der Waals surface area contributed by atoms with Gasteiger partial charge in [0.1, 0.15) is 18.4 Å². The quantitative estimate of drug-likeness (QED) is 0.427. The molecule has 1 aliphatic heterocycles. The van der Waals surface area contributed by atoms with Gasteiger partial charge in [-0.15, -0.1) is 0 Å². The molecule has 180 valence electrons. The summed E-state index contributed by atoms with van der Waals surface area (Å²) in [4.78, 5) is 17.7. The van der Waals surface area contributed by atoms with Gasteiger partial charge in [-0.25, -0.2) is 0 Å². The van der Waals surface area contributed by atoms with Crippen LogP contribution in [0.3, 0.4) is 0 Å². The van der Waals surface area contributed by atoms with Crippen LogP contribution in [0.5, 0.6) is 5.75 Å². The third-order valence-electron chi connectivity index (χ3n) is 5.74. The second kappa shape index (κ2) is 10.2. The molecule has 0 bridgehead atoms. The van der Waals surface area contributed by atoms with E-state index < -0.39 is 29.2 Å². The van der Waals surface area contributed by atoms with Gasteiger partial charge in [-0.1, -0.05) is 27.2 Å². The maximum absolute atomic E-state index is 14.0. The Hall–Kier alpha value is -1.88. The molecule has 0 aliphatic carbocycles. The molecule has 1 aliphatic rings. The number of rotatable bonds is 6. The van der Waals surface area contributed by atoms with Crippen LogP contribution in [-0.4, -0.2) is 33.5 Å². The highest BCUT2D eigenvalue weighted by atomic mass is 127. The van der Waals surface area contributed by atoms with Crippen molar-refractivity contribution in [2.75, 3.05) is 6.54 Å². The molecule has 0 spiro atoms. The Morgan fingerprint density at radius 1 is 1.21 bits per heavy atom. The van der Waals surface area contributed by atoms with Gasteiger partial charge < -0.3 is 9.84 Å². The number of hydrogen-bond donors (Lipinski definition) is 1. The largest absolute Gasteiger partial charge is 0.487 e. The predicted molar refractivity (Wildman–Crippen MR) is 127 cm³/mol. The van der Waals surface area contributed by atoms with Crippen LogP contribution < -0.4 is 4.74 Å². The zero-order valence-corrected chi connectivity index (χ0v) is 21.0. The molecule has 33 heavy (non-hydrogen) atoms. The number of ether oxygens (including phenoxy) is 1. The highest BCUT2D eigenvalue weighted by molar-refractivity contribution is 14.1. The minimum Gasteiger partial charge on any atom is -0.487 e. The van der Waals surface area contributed by atoms with Gasteiger partial charge in [0.25, 0.3) is 0 Å². The van der Waals surface area contributed by atoms with E-state index in [1.165, 1.54) is 6.07 Å². The third kappa shape index (κ3) is 6.59. The van der Waals surface area contributed by atoms with E-state index in [0.29, 0.717) is 30.0 Å². The number of benzene rings is 1. The summed E-state index contributed by atoms with van der Waals surface area (Å²) in [6.45, 7) is 5.87. The van der Waals surface area contributed by atoms with E-state index in [9.17, 15) is 23.1 Å². The van der Waals surface area contributed by atoms with Crippen molar-refractivity contribution < 1.29 is 27.8 Å². The maximum atomic E-state index is 14.0. The average molecular weight is 576 g/mol. The molecule has 0 saturated carbocycles. The summed E-state index contributed by atoms with van der Waals surface area (Å²) >= 11 is 2.16. The molecule has 2 heterocycles. The molecule has 0 amide bonds. The molecule has 1 atom stereocenters. The Labute approximate surface area is 205 Å². The van der Waals surface area contributed by atoms with Gasteiger partial charge in [-0.3, -0.25) is 14.7 Å². The van der Waals surface area contributed by atoms with Crippen LogP contribution >= 0.6 is 22.6 Å². The highest BCUT2D eigenvalue weighted by Gasteiger charge is 2.38. The molecule has 1 fully saturated rings. The van der Waals surface area contributed by atoms with E-state index in [4.69, 9.17) is 4.74 Å². The van der Waals surface area contributed by atoms with Crippen molar-refractivity contribution in [2.24, 2.45) is 0 Å². The first kappa shape index (κ1) is 25.7. The van der Waals surface area contributed by atoms with Gasteiger partial charge in [0.2, 0.25) is 0 Å². The molecule has 3 rings (SSSR count). The number of hydrogen-bond acceptors (Lipinski definition) is 4. The number of halogens is 4. The Balaban J connectivity index is 2.04. The van der Waals surface area contributed by atoms with Crippen molar-refractivity contribution in [3.8, 4) is 5.75 Å². The Bertz CT molecular complexity index is 1010. The van der Waals surface area contributed by atoms with E-state index in [-0.39, 0.29) is 18.7 Å². The zero-order valence-electron chi connectivity index (χ0n) is 18.9. The van der Waals surface area contributed by atoms with E-state index in [2.05, 4.69) is 27.6 Å². The molecular weight excluding hydrogens is 548 g/mol. The van der Waals surface area contributed by atoms with Crippen LogP contribution in [0.2, 0.25) is 0 Å². The van der Waals surface area contributed by atoms with Crippen molar-refractivity contribution in [3.63, 3.8) is 0 Å². The summed E-state index contributed by atoms with van der Waals surface area (Å²) in [6, 6.07) is 5.56. The van der Waals surface area contributed by atoms with Crippen LogP contribution in [0.15, 0.2) is 30.5 Å². The number of aliphatic carboxylic acids is 1. The molecule has 2 aromatic rings. The standard InChI is InChI=1S/C24H28F3IN2O3/c1-23(2,3)18-12-21(33-14-17-11-16(28)7-8-29-17)15(10-19(18)24(25,26)27)13-30-9-5-4-6-20(30)22(31)32/h7-8,10-12,20H,4-6,9,13-14H2,1-3H3,(H,31,32)/t20-/m0/s1. The van der Waals surface area contributed by atoms with Crippen molar-refractivity contribution in [2.45, 2.75) is 70.8 Å². The number of carboxylic acid groups (broad SMARTS) is 1. The smallest absolute Gasteiger partial charge is 0.416 e. The number of piperidine rings is 1. The van der Waals surface area contributed by atoms with E-state index in [0.717, 1.165) is 22.5 Å². The van der Waals surface area contributed by atoms with Gasteiger partial charge in [0, 0.05) is 21.9 Å². The minimum atomic E-state index is -4.54. The van der Waals surface area contributed by atoms with E-state index in [1.807, 2.05) is 12.1 Å². The van der Waals surface area contributed by atoms with Crippen LogP contribution in [0.25, 0.3) is 0 Å². The number of pyridine rings is 1. The summed E-state index contributed by atoms with van der Waals surface area (Å²) in [5.74, 6) is -0.633. The molecule has 5 nitrogen and oxygen atoms in total. The normalized spacial score (nSPS) is 17.7. The number of likely N-dealkylation sites (tertiary alicyclic amines) is 1. The molecule has 1 aromatic carbocycles. The van der Waals surface area contributed by atoms with Gasteiger partial charge in [0.05, 0.1) is 11.3 Å². The fourth-order valence-electron chi connectivity index (χ4n) is 4.10. The predicted octanol–water partition coefficient (Wildman–Crippen LogP) is 6.02. The van der Waals surface area contributed by atoms with E-state index in [1.54, 1.807) is 31.9 Å². The summed E-state index contributed by atoms with van der Waals surface area (Å²) in [7, 11) is 0. The second-order valence-electron chi connectivity index (χ2n) is 9.33. The first-order chi connectivity index (χ1) is 15.4. The van der Waals surface area contributed by atoms with Crippen LogP contribution in [0.4, 0.5) is 13.2 Å². The Morgan fingerprint density at radius 3 is 2.55 bits per heavy atom. The fraction of sp³-hybridized carbons (Fsp3) is 0.500. The van der Waals surface area contributed by atoms with Gasteiger partial charge in [0.15, 0.2) is 0 Å². The minimum absolute atomic E-state index is 0.0690. The monoisotopic (exact) mass is 576 g/mol. The lowest BCUT2D eigenvalue weighted by Crippen LogP contribution is -2.44. The zero-order chi connectivity index (χ0) is 24.4. The van der Waals surface area contributed by atoms with Gasteiger partial charge >= 0.3 is 12.1 Å². The first-order valence-corrected chi connectivity index (χ1v) is 11.9. The maximum Gasteiger partial charge on any atom is 0.416 e. The van der Waals surface area contributed by atoms with Crippen LogP contribution in [-0.2, 0) is 29.5 Å². The van der Waals surface area contributed by atoms with Crippen LogP contribution in [0.1, 0.15) is 62.4 Å². The molecule has 0 unspecified atom stereocenters. The highest BCUT2D eigenvalue weighted by Crippen LogP contribution is 2.41. The summed E-state index contributed by atoms with van der Waals surface area (Å²) in [6.07, 6.45) is -0.824. The van der Waals surface area contributed by atoms with Gasteiger partial charge in [-0.2, -0.15) is 13.2 Å². The molecule has 0 radical (unpaired) electrons. The summed E-state index contributed by atoms with van der Waals surface area (Å²) in [5, 5.41) is 9.61. The lowest BCUT2D eigenvalue weighted by atomic mass is 9.82.